The van der Waals surface area contributed by atoms with Gasteiger partial charge in [-0.2, -0.15) is 0 Å². The van der Waals surface area contributed by atoms with E-state index in [2.05, 4.69) is 0 Å². The van der Waals surface area contributed by atoms with E-state index < -0.39 is 24.3 Å². The van der Waals surface area contributed by atoms with Gasteiger partial charge >= 0.3 is 5.97 Å². The molecule has 156 valence electrons. The van der Waals surface area contributed by atoms with Crippen LogP contribution < -0.4 is 0 Å². The van der Waals surface area contributed by atoms with E-state index >= 15 is 0 Å². The van der Waals surface area contributed by atoms with Crippen molar-refractivity contribution < 1.29 is 25.2 Å². The van der Waals surface area contributed by atoms with Crippen LogP contribution >= 0.6 is 0 Å². The van der Waals surface area contributed by atoms with Crippen LogP contribution in [0, 0.1) is 11.8 Å². The molecule has 2 rings (SSSR count). The summed E-state index contributed by atoms with van der Waals surface area (Å²) in [6.45, 7) is 0. The highest BCUT2D eigenvalue weighted by atomic mass is 16.4. The minimum Gasteiger partial charge on any atom is -0.481 e. The zero-order chi connectivity index (χ0) is 20.4. The van der Waals surface area contributed by atoms with Gasteiger partial charge in [-0.3, -0.25) is 4.79 Å². The zero-order valence-electron chi connectivity index (χ0n) is 16.5. The minimum absolute atomic E-state index is 0.00736. The first-order valence-corrected chi connectivity index (χ1v) is 10.5. The van der Waals surface area contributed by atoms with Crippen LogP contribution in [0.15, 0.2) is 42.5 Å². The summed E-state index contributed by atoms with van der Waals surface area (Å²) in [5.41, 5.74) is 1.19. The van der Waals surface area contributed by atoms with Gasteiger partial charge in [-0.05, 0) is 37.2 Å². The molecule has 5 atom stereocenters. The number of unbranched alkanes of at least 4 members (excludes halogenated alkanes) is 3. The molecule has 1 aromatic carbocycles. The molecule has 1 aromatic rings. The topological polar surface area (TPSA) is 98.0 Å². The lowest BCUT2D eigenvalue weighted by Crippen LogP contribution is -2.21. The molecule has 1 saturated carbocycles. The fourth-order valence-corrected chi connectivity index (χ4v) is 4.10. The molecule has 0 heterocycles. The normalized spacial score (nSPS) is 26.0. The predicted octanol–water partition coefficient (Wildman–Crippen LogP) is 3.32. The summed E-state index contributed by atoms with van der Waals surface area (Å²) in [5.74, 6) is -0.905. The van der Waals surface area contributed by atoms with Crippen LogP contribution in [0.5, 0.6) is 0 Å². The molecule has 0 unspecified atom stereocenters. The smallest absolute Gasteiger partial charge is 0.303 e. The van der Waals surface area contributed by atoms with Gasteiger partial charge in [0, 0.05) is 18.8 Å². The van der Waals surface area contributed by atoms with Crippen LogP contribution in [-0.2, 0) is 11.2 Å². The maximum atomic E-state index is 10.5. The van der Waals surface area contributed by atoms with E-state index in [9.17, 15) is 20.1 Å². The Morgan fingerprint density at radius 1 is 1.07 bits per heavy atom. The monoisotopic (exact) mass is 390 g/mol. The van der Waals surface area contributed by atoms with Crippen molar-refractivity contribution in [2.75, 3.05) is 0 Å². The van der Waals surface area contributed by atoms with Gasteiger partial charge in [-0.1, -0.05) is 61.7 Å². The number of aliphatic hydroxyl groups excluding tert-OH is 3. The van der Waals surface area contributed by atoms with Crippen LogP contribution in [0.3, 0.4) is 0 Å². The van der Waals surface area contributed by atoms with Crippen molar-refractivity contribution in [1.29, 1.82) is 0 Å². The molecule has 1 aliphatic carbocycles. The molecule has 4 N–H and O–H groups in total. The molecule has 0 saturated heterocycles. The van der Waals surface area contributed by atoms with E-state index in [0.717, 1.165) is 32.1 Å². The standard InChI is InChI=1S/C23H34O5/c24-18(13-12-17-8-4-3-5-9-17)14-15-20-19(21(25)16-22(20)26)10-6-1-2-7-11-23(27)28/h3-5,8-9,14-15,18-22,24-26H,1-2,6-7,10-13,16H2,(H,27,28)/t18-,19+,20-,21+,22+/m0/s1. The average Bonchev–Trinajstić information content (AvgIpc) is 2.94. The van der Waals surface area contributed by atoms with Crippen molar-refractivity contribution >= 4 is 5.97 Å². The van der Waals surface area contributed by atoms with Crippen LogP contribution in [-0.4, -0.2) is 44.7 Å². The molecular formula is C23H34O5. The van der Waals surface area contributed by atoms with Gasteiger partial charge in [0.15, 0.2) is 0 Å². The Hall–Kier alpha value is -1.69. The summed E-state index contributed by atoms with van der Waals surface area (Å²) in [5, 5.41) is 39.5. The van der Waals surface area contributed by atoms with Crippen molar-refractivity contribution in [3.05, 3.63) is 48.0 Å². The molecule has 5 heteroatoms. The number of hydrogen-bond donors (Lipinski definition) is 4. The van der Waals surface area contributed by atoms with Crippen molar-refractivity contribution in [2.45, 2.75) is 76.1 Å². The van der Waals surface area contributed by atoms with Crippen molar-refractivity contribution in [1.82, 2.24) is 0 Å². The van der Waals surface area contributed by atoms with Crippen LogP contribution in [0.2, 0.25) is 0 Å². The lowest BCUT2D eigenvalue weighted by molar-refractivity contribution is -0.137. The number of aliphatic carboxylic acids is 1. The molecule has 28 heavy (non-hydrogen) atoms. The first-order chi connectivity index (χ1) is 13.5. The molecule has 0 aliphatic heterocycles. The highest BCUT2D eigenvalue weighted by Gasteiger charge is 2.39. The first kappa shape index (κ1) is 22.6. The van der Waals surface area contributed by atoms with E-state index in [1.165, 1.54) is 5.56 Å². The molecule has 0 spiro atoms. The maximum absolute atomic E-state index is 10.5. The molecule has 0 bridgehead atoms. The summed E-state index contributed by atoms with van der Waals surface area (Å²) in [7, 11) is 0. The largest absolute Gasteiger partial charge is 0.481 e. The molecule has 1 fully saturated rings. The maximum Gasteiger partial charge on any atom is 0.303 e. The summed E-state index contributed by atoms with van der Waals surface area (Å²) in [4.78, 5) is 10.5. The van der Waals surface area contributed by atoms with Gasteiger partial charge in [0.2, 0.25) is 0 Å². The fourth-order valence-electron chi connectivity index (χ4n) is 4.10. The zero-order valence-corrected chi connectivity index (χ0v) is 16.5. The van der Waals surface area contributed by atoms with Gasteiger partial charge in [0.05, 0.1) is 18.3 Å². The third kappa shape index (κ3) is 7.74. The highest BCUT2D eigenvalue weighted by molar-refractivity contribution is 5.66. The third-order valence-electron chi connectivity index (χ3n) is 5.72. The number of hydrogen-bond acceptors (Lipinski definition) is 4. The van der Waals surface area contributed by atoms with Crippen molar-refractivity contribution in [2.24, 2.45) is 11.8 Å². The molecular weight excluding hydrogens is 356 g/mol. The number of aryl methyl sites for hydroxylation is 1. The number of carboxylic acid groups (broad SMARTS) is 1. The second-order valence-electron chi connectivity index (χ2n) is 7.93. The number of benzene rings is 1. The second-order valence-corrected chi connectivity index (χ2v) is 7.93. The van der Waals surface area contributed by atoms with Crippen molar-refractivity contribution in [3.63, 3.8) is 0 Å². The lowest BCUT2D eigenvalue weighted by atomic mass is 9.87. The second kappa shape index (κ2) is 12.0. The summed E-state index contributed by atoms with van der Waals surface area (Å²) in [6.07, 6.45) is 8.17. The minimum atomic E-state index is -0.759. The molecule has 1 aliphatic rings. The van der Waals surface area contributed by atoms with E-state index in [1.54, 1.807) is 6.08 Å². The van der Waals surface area contributed by atoms with Gasteiger partial charge in [-0.15, -0.1) is 0 Å². The number of rotatable bonds is 12. The Bertz CT molecular complexity index is 600. The lowest BCUT2D eigenvalue weighted by Gasteiger charge is -2.21. The van der Waals surface area contributed by atoms with Gasteiger partial charge in [0.25, 0.3) is 0 Å². The third-order valence-corrected chi connectivity index (χ3v) is 5.72. The quantitative estimate of drug-likeness (QED) is 0.324. The van der Waals surface area contributed by atoms with Crippen molar-refractivity contribution in [3.8, 4) is 0 Å². The first-order valence-electron chi connectivity index (χ1n) is 10.5. The summed E-state index contributed by atoms with van der Waals surface area (Å²) < 4.78 is 0. The van der Waals surface area contributed by atoms with E-state index in [4.69, 9.17) is 5.11 Å². The van der Waals surface area contributed by atoms with E-state index in [0.29, 0.717) is 19.3 Å². The van der Waals surface area contributed by atoms with Gasteiger partial charge in [-0.25, -0.2) is 0 Å². The van der Waals surface area contributed by atoms with Crippen LogP contribution in [0.25, 0.3) is 0 Å². The Labute approximate surface area is 167 Å². The Morgan fingerprint density at radius 3 is 2.50 bits per heavy atom. The molecule has 0 radical (unpaired) electrons. The molecule has 5 nitrogen and oxygen atoms in total. The Balaban J connectivity index is 1.76. The van der Waals surface area contributed by atoms with E-state index in [1.807, 2.05) is 36.4 Å². The predicted molar refractivity (Wildman–Crippen MR) is 109 cm³/mol. The SMILES string of the molecule is O=C(O)CCCCCC[C@@H]1[C@H](C=C[C@@H](O)CCc2ccccc2)[C@H](O)C[C@H]1O. The summed E-state index contributed by atoms with van der Waals surface area (Å²) >= 11 is 0. The number of carboxylic acids is 1. The van der Waals surface area contributed by atoms with E-state index in [-0.39, 0.29) is 18.3 Å². The fraction of sp³-hybridized carbons (Fsp3) is 0.609. The number of aliphatic hydroxyl groups is 3. The van der Waals surface area contributed by atoms with Crippen LogP contribution in [0.1, 0.15) is 56.9 Å². The average molecular weight is 391 g/mol. The number of carbonyl (C=O) groups is 1. The van der Waals surface area contributed by atoms with Crippen LogP contribution in [0.4, 0.5) is 0 Å². The highest BCUT2D eigenvalue weighted by Crippen LogP contribution is 2.37. The molecule has 0 amide bonds. The Kier molecular flexibility index (Phi) is 9.68. The Morgan fingerprint density at radius 2 is 1.79 bits per heavy atom. The van der Waals surface area contributed by atoms with Gasteiger partial charge < -0.3 is 20.4 Å². The van der Waals surface area contributed by atoms with Gasteiger partial charge in [0.1, 0.15) is 0 Å². The molecule has 0 aromatic heterocycles. The summed E-state index contributed by atoms with van der Waals surface area (Å²) in [6, 6.07) is 10.0.